The van der Waals surface area contributed by atoms with Gasteiger partial charge >= 0.3 is 0 Å². The molecule has 0 aliphatic carbocycles. The molecule has 142 valence electrons. The third kappa shape index (κ3) is 4.75. The first-order chi connectivity index (χ1) is 12.8. The molecule has 8 nitrogen and oxygen atoms in total. The average molecular weight is 372 g/mol. The normalized spacial score (nSPS) is 10.1. The van der Waals surface area contributed by atoms with E-state index >= 15 is 0 Å². The minimum Gasteiger partial charge on any atom is -0.486 e. The van der Waals surface area contributed by atoms with Gasteiger partial charge in [0, 0.05) is 0 Å². The quantitative estimate of drug-likeness (QED) is 0.515. The maximum absolute atomic E-state index is 12.2. The Balaban J connectivity index is 2.11. The summed E-state index contributed by atoms with van der Waals surface area (Å²) in [6.07, 6.45) is 1.58. The summed E-state index contributed by atoms with van der Waals surface area (Å²) in [4.78, 5) is 35.6. The minimum absolute atomic E-state index is 0.0434. The first-order valence-electron chi connectivity index (χ1n) is 8.04. The van der Waals surface area contributed by atoms with Crippen LogP contribution in [0.3, 0.4) is 0 Å². The number of anilines is 1. The molecular formula is C19H20N2O6. The molecule has 0 spiro atoms. The number of ketones is 1. The highest BCUT2D eigenvalue weighted by Crippen LogP contribution is 2.28. The molecular weight excluding hydrogens is 352 g/mol. The number of ether oxygens (including phenoxy) is 2. The molecule has 0 aliphatic heterocycles. The van der Waals surface area contributed by atoms with E-state index in [0.29, 0.717) is 11.5 Å². The Bertz CT molecular complexity index is 884. The number of aryl methyl sites for hydroxylation is 1. The number of para-hydroxylation sites is 2. The zero-order valence-electron chi connectivity index (χ0n) is 15.0. The van der Waals surface area contributed by atoms with Gasteiger partial charge in [0.1, 0.15) is 17.9 Å². The highest BCUT2D eigenvalue weighted by atomic mass is 16.5. The molecule has 3 N–H and O–H groups in total. The minimum atomic E-state index is -0.878. The third-order valence-corrected chi connectivity index (χ3v) is 3.50. The molecule has 0 radical (unpaired) electrons. The lowest BCUT2D eigenvalue weighted by Crippen LogP contribution is -2.23. The SMILES string of the molecule is C=CCOc1ccccc1OCC(=O)Nc1oc(C)c(C(C)=O)c1C(N)=O. The Morgan fingerprint density at radius 3 is 2.37 bits per heavy atom. The van der Waals surface area contributed by atoms with E-state index in [0.717, 1.165) is 0 Å². The number of benzene rings is 1. The first-order valence-corrected chi connectivity index (χ1v) is 8.04. The van der Waals surface area contributed by atoms with Crippen molar-refractivity contribution in [3.8, 4) is 11.5 Å². The van der Waals surface area contributed by atoms with Crippen molar-refractivity contribution < 1.29 is 28.3 Å². The van der Waals surface area contributed by atoms with Crippen LogP contribution in [0.5, 0.6) is 11.5 Å². The number of primary amides is 1. The van der Waals surface area contributed by atoms with Gasteiger partial charge in [-0.25, -0.2) is 0 Å². The van der Waals surface area contributed by atoms with Gasteiger partial charge in [0.25, 0.3) is 11.8 Å². The lowest BCUT2D eigenvalue weighted by molar-refractivity contribution is -0.118. The number of nitrogens with two attached hydrogens (primary N) is 1. The lowest BCUT2D eigenvalue weighted by Gasteiger charge is -2.11. The summed E-state index contributed by atoms with van der Waals surface area (Å²) in [5.74, 6) is -1.04. The van der Waals surface area contributed by atoms with Crippen LogP contribution in [0, 0.1) is 6.92 Å². The van der Waals surface area contributed by atoms with Gasteiger partial charge in [-0.1, -0.05) is 24.8 Å². The molecule has 2 amide bonds. The van der Waals surface area contributed by atoms with Gasteiger partial charge in [0.15, 0.2) is 23.9 Å². The van der Waals surface area contributed by atoms with Gasteiger partial charge in [-0.05, 0) is 26.0 Å². The number of hydrogen-bond donors (Lipinski definition) is 2. The average Bonchev–Trinajstić information content (AvgIpc) is 2.95. The molecule has 8 heteroatoms. The summed E-state index contributed by atoms with van der Waals surface area (Å²) in [5, 5.41) is 2.40. The van der Waals surface area contributed by atoms with Crippen LogP contribution in [-0.2, 0) is 4.79 Å². The third-order valence-electron chi connectivity index (χ3n) is 3.50. The molecule has 2 aromatic rings. The van der Waals surface area contributed by atoms with Crippen LogP contribution >= 0.6 is 0 Å². The predicted octanol–water partition coefficient (Wildman–Crippen LogP) is 2.47. The van der Waals surface area contributed by atoms with E-state index in [-0.39, 0.29) is 36.0 Å². The maximum Gasteiger partial charge on any atom is 0.264 e. The number of amides is 2. The fourth-order valence-electron chi connectivity index (χ4n) is 2.44. The van der Waals surface area contributed by atoms with Gasteiger partial charge in [-0.2, -0.15) is 0 Å². The van der Waals surface area contributed by atoms with Crippen LogP contribution in [0.25, 0.3) is 0 Å². The smallest absolute Gasteiger partial charge is 0.264 e. The molecule has 0 saturated carbocycles. The van der Waals surface area contributed by atoms with Crippen molar-refractivity contribution in [2.45, 2.75) is 13.8 Å². The molecule has 0 saturated heterocycles. The highest BCUT2D eigenvalue weighted by molar-refractivity contribution is 6.12. The summed E-state index contributed by atoms with van der Waals surface area (Å²) in [6.45, 7) is 6.26. The maximum atomic E-state index is 12.2. The van der Waals surface area contributed by atoms with Crippen LogP contribution in [0.2, 0.25) is 0 Å². The molecule has 27 heavy (non-hydrogen) atoms. The van der Waals surface area contributed by atoms with Gasteiger partial charge < -0.3 is 19.6 Å². The van der Waals surface area contributed by atoms with Crippen molar-refractivity contribution in [2.24, 2.45) is 5.73 Å². The Hall–Kier alpha value is -3.55. The number of carbonyl (C=O) groups is 3. The van der Waals surface area contributed by atoms with Crippen LogP contribution in [-0.4, -0.2) is 30.8 Å². The van der Waals surface area contributed by atoms with Crippen LogP contribution in [0.1, 0.15) is 33.4 Å². The van der Waals surface area contributed by atoms with Crippen LogP contribution in [0.15, 0.2) is 41.3 Å². The van der Waals surface area contributed by atoms with E-state index in [1.165, 1.54) is 13.8 Å². The lowest BCUT2D eigenvalue weighted by atomic mass is 10.1. The molecule has 0 bridgehead atoms. The summed E-state index contributed by atoms with van der Waals surface area (Å²) < 4.78 is 16.2. The molecule has 0 unspecified atom stereocenters. The second-order valence-corrected chi connectivity index (χ2v) is 5.54. The van der Waals surface area contributed by atoms with E-state index < -0.39 is 17.6 Å². The number of Topliss-reactive ketones (excluding diaryl/α,β-unsaturated/α-hetero) is 1. The van der Waals surface area contributed by atoms with E-state index in [4.69, 9.17) is 19.6 Å². The molecule has 1 heterocycles. The zero-order valence-corrected chi connectivity index (χ0v) is 15.0. The van der Waals surface area contributed by atoms with Crippen molar-refractivity contribution in [1.29, 1.82) is 0 Å². The Kier molecular flexibility index (Phi) is 6.37. The fraction of sp³-hybridized carbons (Fsp3) is 0.211. The second kappa shape index (κ2) is 8.70. The highest BCUT2D eigenvalue weighted by Gasteiger charge is 2.26. The molecule has 1 aromatic carbocycles. The van der Waals surface area contributed by atoms with E-state index in [2.05, 4.69) is 11.9 Å². The fourth-order valence-corrected chi connectivity index (χ4v) is 2.44. The van der Waals surface area contributed by atoms with Gasteiger partial charge in [-0.3, -0.25) is 19.7 Å². The van der Waals surface area contributed by atoms with E-state index in [1.807, 2.05) is 0 Å². The summed E-state index contributed by atoms with van der Waals surface area (Å²) in [6, 6.07) is 6.83. The van der Waals surface area contributed by atoms with Crippen molar-refractivity contribution >= 4 is 23.5 Å². The van der Waals surface area contributed by atoms with Crippen molar-refractivity contribution in [3.63, 3.8) is 0 Å². The summed E-state index contributed by atoms with van der Waals surface area (Å²) >= 11 is 0. The largest absolute Gasteiger partial charge is 0.486 e. The summed E-state index contributed by atoms with van der Waals surface area (Å²) in [7, 11) is 0. The van der Waals surface area contributed by atoms with Gasteiger partial charge in [-0.15, -0.1) is 0 Å². The van der Waals surface area contributed by atoms with Crippen molar-refractivity contribution in [3.05, 3.63) is 53.8 Å². The van der Waals surface area contributed by atoms with E-state index in [1.54, 1.807) is 30.3 Å². The summed E-state index contributed by atoms with van der Waals surface area (Å²) in [5.41, 5.74) is 5.19. The topological polar surface area (TPSA) is 121 Å². The van der Waals surface area contributed by atoms with Gasteiger partial charge in [0.05, 0.1) is 5.56 Å². The number of furan rings is 1. The van der Waals surface area contributed by atoms with Crippen LogP contribution in [0.4, 0.5) is 5.88 Å². The van der Waals surface area contributed by atoms with Crippen molar-refractivity contribution in [2.75, 3.05) is 18.5 Å². The number of carbonyl (C=O) groups excluding carboxylic acids is 3. The monoisotopic (exact) mass is 372 g/mol. The molecule has 0 atom stereocenters. The second-order valence-electron chi connectivity index (χ2n) is 5.54. The standard InChI is InChI=1S/C19H20N2O6/c1-4-9-25-13-7-5-6-8-14(13)26-10-15(23)21-19-17(18(20)24)16(11(2)22)12(3)27-19/h4-8H,1,9-10H2,2-3H3,(H2,20,24)(H,21,23). The Morgan fingerprint density at radius 1 is 1.19 bits per heavy atom. The van der Waals surface area contributed by atoms with Gasteiger partial charge in [0.2, 0.25) is 5.88 Å². The first kappa shape index (κ1) is 19.8. The molecule has 0 aliphatic rings. The van der Waals surface area contributed by atoms with Crippen molar-refractivity contribution in [1.82, 2.24) is 0 Å². The predicted molar refractivity (Wildman–Crippen MR) is 98.2 cm³/mol. The Morgan fingerprint density at radius 2 is 1.81 bits per heavy atom. The zero-order chi connectivity index (χ0) is 20.0. The number of nitrogens with one attached hydrogen (secondary N) is 1. The molecule has 1 aromatic heterocycles. The molecule has 0 fully saturated rings. The molecule has 2 rings (SSSR count). The van der Waals surface area contributed by atoms with E-state index in [9.17, 15) is 14.4 Å². The Labute approximate surface area is 155 Å². The number of rotatable bonds is 9. The number of hydrogen-bond acceptors (Lipinski definition) is 6. The van der Waals surface area contributed by atoms with Crippen LogP contribution < -0.4 is 20.5 Å².